The molecule has 2 rings (SSSR count). The van der Waals surface area contributed by atoms with E-state index in [9.17, 15) is 9.90 Å². The Morgan fingerprint density at radius 2 is 1.86 bits per heavy atom. The van der Waals surface area contributed by atoms with Gasteiger partial charge in [0, 0.05) is 39.3 Å². The molecular weight excluding hydrogens is 278 g/mol. The van der Waals surface area contributed by atoms with Crippen molar-refractivity contribution in [3.05, 3.63) is 35.9 Å². The van der Waals surface area contributed by atoms with E-state index in [1.54, 1.807) is 6.92 Å². The third-order valence-corrected chi connectivity index (χ3v) is 3.95. The highest BCUT2D eigenvalue weighted by Crippen LogP contribution is 2.06. The first kappa shape index (κ1) is 16.9. The molecule has 1 atom stereocenters. The number of nitrogens with zero attached hydrogens (tertiary/aromatic N) is 3. The van der Waals surface area contributed by atoms with Gasteiger partial charge < -0.3 is 10.0 Å². The van der Waals surface area contributed by atoms with Gasteiger partial charge in [-0.1, -0.05) is 30.3 Å². The molecule has 1 amide bonds. The van der Waals surface area contributed by atoms with Crippen LogP contribution >= 0.6 is 0 Å². The number of β-amino-alcohol motifs (C(OH)–C–C–N with tert-alkyl or cyclic N) is 1. The molecule has 1 N–H and O–H groups in total. The van der Waals surface area contributed by atoms with Gasteiger partial charge in [-0.2, -0.15) is 0 Å². The highest BCUT2D eigenvalue weighted by atomic mass is 16.3. The first-order chi connectivity index (χ1) is 10.5. The summed E-state index contributed by atoms with van der Waals surface area (Å²) < 4.78 is 0. The Balaban J connectivity index is 1.73. The molecule has 0 bridgehead atoms. The van der Waals surface area contributed by atoms with Crippen molar-refractivity contribution in [2.45, 2.75) is 19.6 Å². The number of rotatable bonds is 6. The maximum atomic E-state index is 12.3. The zero-order valence-electron chi connectivity index (χ0n) is 13.6. The second-order valence-corrected chi connectivity index (χ2v) is 6.19. The van der Waals surface area contributed by atoms with Crippen molar-refractivity contribution in [1.82, 2.24) is 14.7 Å². The lowest BCUT2D eigenvalue weighted by atomic mass is 10.2. The van der Waals surface area contributed by atoms with Gasteiger partial charge in [0.25, 0.3) is 0 Å². The van der Waals surface area contributed by atoms with Gasteiger partial charge in [-0.25, -0.2) is 0 Å². The van der Waals surface area contributed by atoms with E-state index in [4.69, 9.17) is 0 Å². The molecule has 0 radical (unpaired) electrons. The van der Waals surface area contributed by atoms with Crippen LogP contribution < -0.4 is 0 Å². The molecule has 1 fully saturated rings. The molecule has 0 aliphatic carbocycles. The number of carbonyl (C=O) groups excluding carboxylic acids is 1. The van der Waals surface area contributed by atoms with Crippen LogP contribution in [0, 0.1) is 0 Å². The number of benzene rings is 1. The Morgan fingerprint density at radius 1 is 1.23 bits per heavy atom. The van der Waals surface area contributed by atoms with Crippen molar-refractivity contribution in [1.29, 1.82) is 0 Å². The predicted molar refractivity (Wildman–Crippen MR) is 87.5 cm³/mol. The van der Waals surface area contributed by atoms with Crippen molar-refractivity contribution in [3.8, 4) is 0 Å². The third kappa shape index (κ3) is 5.40. The number of piperazine rings is 1. The average Bonchev–Trinajstić information content (AvgIpc) is 2.48. The normalized spacial score (nSPS) is 17.7. The number of hydrogen-bond donors (Lipinski definition) is 1. The fraction of sp³-hybridized carbons (Fsp3) is 0.588. The van der Waals surface area contributed by atoms with Crippen LogP contribution in [0.5, 0.6) is 0 Å². The summed E-state index contributed by atoms with van der Waals surface area (Å²) in [4.78, 5) is 18.5. The molecule has 5 heteroatoms. The van der Waals surface area contributed by atoms with Crippen LogP contribution in [0.1, 0.15) is 12.5 Å². The maximum Gasteiger partial charge on any atom is 0.236 e. The number of aliphatic hydroxyl groups is 1. The molecule has 0 unspecified atom stereocenters. The van der Waals surface area contributed by atoms with E-state index in [1.165, 1.54) is 5.56 Å². The van der Waals surface area contributed by atoms with Crippen LogP contribution in [0.3, 0.4) is 0 Å². The summed E-state index contributed by atoms with van der Waals surface area (Å²) in [7, 11) is 1.98. The highest BCUT2D eigenvalue weighted by Gasteiger charge is 2.22. The van der Waals surface area contributed by atoms with Crippen LogP contribution in [-0.4, -0.2) is 78.1 Å². The average molecular weight is 305 g/mol. The van der Waals surface area contributed by atoms with Gasteiger partial charge in [0.2, 0.25) is 5.91 Å². The van der Waals surface area contributed by atoms with Gasteiger partial charge in [-0.15, -0.1) is 0 Å². The van der Waals surface area contributed by atoms with E-state index in [2.05, 4.69) is 21.9 Å². The summed E-state index contributed by atoms with van der Waals surface area (Å²) in [5.41, 5.74) is 1.22. The van der Waals surface area contributed by atoms with Gasteiger partial charge in [0.05, 0.1) is 12.6 Å². The van der Waals surface area contributed by atoms with Crippen LogP contribution in [0.25, 0.3) is 0 Å². The molecule has 122 valence electrons. The molecule has 0 spiro atoms. The van der Waals surface area contributed by atoms with Gasteiger partial charge in [0.1, 0.15) is 0 Å². The van der Waals surface area contributed by atoms with Gasteiger partial charge in [-0.05, 0) is 19.5 Å². The highest BCUT2D eigenvalue weighted by molar-refractivity contribution is 5.78. The quantitative estimate of drug-likeness (QED) is 0.838. The summed E-state index contributed by atoms with van der Waals surface area (Å²) >= 11 is 0. The van der Waals surface area contributed by atoms with Crippen LogP contribution in [0.15, 0.2) is 30.3 Å². The van der Waals surface area contributed by atoms with Crippen LogP contribution in [0.4, 0.5) is 0 Å². The lowest BCUT2D eigenvalue weighted by molar-refractivity contribution is -0.134. The van der Waals surface area contributed by atoms with E-state index in [0.717, 1.165) is 32.7 Å². The lowest BCUT2D eigenvalue weighted by Crippen LogP contribution is -2.51. The first-order valence-corrected chi connectivity index (χ1v) is 7.95. The molecule has 1 aliphatic heterocycles. The van der Waals surface area contributed by atoms with Crippen LogP contribution in [0.2, 0.25) is 0 Å². The molecule has 1 aliphatic rings. The number of aliphatic hydroxyl groups excluding tert-OH is 1. The minimum atomic E-state index is -0.306. The standard InChI is InChI=1S/C17H27N3O2/c1-15(21)12-19-8-10-20(11-9-19)17(22)14-18(2)13-16-6-4-3-5-7-16/h3-7,15,21H,8-14H2,1-2H3/t15-/m1/s1. The SMILES string of the molecule is C[C@@H](O)CN1CCN(C(=O)CN(C)Cc2ccccc2)CC1. The van der Waals surface area contributed by atoms with E-state index in [1.807, 2.05) is 30.1 Å². The fourth-order valence-corrected chi connectivity index (χ4v) is 2.84. The minimum Gasteiger partial charge on any atom is -0.392 e. The van der Waals surface area contributed by atoms with Gasteiger partial charge >= 0.3 is 0 Å². The predicted octanol–water partition coefficient (Wildman–Crippen LogP) is 0.643. The Bertz CT molecular complexity index is 456. The van der Waals surface area contributed by atoms with Crippen molar-refractivity contribution >= 4 is 5.91 Å². The lowest BCUT2D eigenvalue weighted by Gasteiger charge is -2.36. The van der Waals surface area contributed by atoms with Crippen molar-refractivity contribution in [3.63, 3.8) is 0 Å². The van der Waals surface area contributed by atoms with Gasteiger partial charge in [-0.3, -0.25) is 14.6 Å². The summed E-state index contributed by atoms with van der Waals surface area (Å²) in [5.74, 6) is 0.190. The topological polar surface area (TPSA) is 47.0 Å². The Hall–Kier alpha value is -1.43. The molecule has 22 heavy (non-hydrogen) atoms. The zero-order valence-corrected chi connectivity index (χ0v) is 13.6. The van der Waals surface area contributed by atoms with E-state index < -0.39 is 0 Å². The molecule has 5 nitrogen and oxygen atoms in total. The monoisotopic (exact) mass is 305 g/mol. The molecule has 1 heterocycles. The summed E-state index contributed by atoms with van der Waals surface area (Å²) in [6.07, 6.45) is -0.306. The summed E-state index contributed by atoms with van der Waals surface area (Å²) in [6.45, 7) is 6.93. The Labute approximate surface area is 133 Å². The van der Waals surface area contributed by atoms with Crippen molar-refractivity contribution in [2.24, 2.45) is 0 Å². The van der Waals surface area contributed by atoms with Gasteiger partial charge in [0.15, 0.2) is 0 Å². The fourth-order valence-electron chi connectivity index (χ4n) is 2.84. The molecular formula is C17H27N3O2. The van der Waals surface area contributed by atoms with E-state index in [0.29, 0.717) is 13.1 Å². The Kier molecular flexibility index (Phi) is 6.36. The zero-order chi connectivity index (χ0) is 15.9. The number of carbonyl (C=O) groups is 1. The third-order valence-electron chi connectivity index (χ3n) is 3.95. The molecule has 0 saturated carbocycles. The molecule has 1 aromatic carbocycles. The largest absolute Gasteiger partial charge is 0.392 e. The van der Waals surface area contributed by atoms with Crippen molar-refractivity contribution in [2.75, 3.05) is 46.3 Å². The van der Waals surface area contributed by atoms with Crippen molar-refractivity contribution < 1.29 is 9.90 Å². The molecule has 1 aromatic rings. The number of amides is 1. The number of hydrogen-bond acceptors (Lipinski definition) is 4. The second kappa shape index (κ2) is 8.27. The smallest absolute Gasteiger partial charge is 0.236 e. The number of likely N-dealkylation sites (N-methyl/N-ethyl adjacent to an activating group) is 1. The molecule has 1 saturated heterocycles. The minimum absolute atomic E-state index is 0.190. The van der Waals surface area contributed by atoms with E-state index in [-0.39, 0.29) is 12.0 Å². The Morgan fingerprint density at radius 3 is 2.45 bits per heavy atom. The second-order valence-electron chi connectivity index (χ2n) is 6.19. The van der Waals surface area contributed by atoms with Crippen LogP contribution in [-0.2, 0) is 11.3 Å². The summed E-state index contributed by atoms with van der Waals surface area (Å²) in [6, 6.07) is 10.2. The van der Waals surface area contributed by atoms with E-state index >= 15 is 0 Å². The maximum absolute atomic E-state index is 12.3. The summed E-state index contributed by atoms with van der Waals surface area (Å²) in [5, 5.41) is 9.41. The molecule has 0 aromatic heterocycles. The first-order valence-electron chi connectivity index (χ1n) is 7.95.